The minimum absolute atomic E-state index is 0.124. The highest BCUT2D eigenvalue weighted by molar-refractivity contribution is 5.90. The maximum absolute atomic E-state index is 11.4. The highest BCUT2D eigenvalue weighted by Gasteiger charge is 2.11. The Bertz CT molecular complexity index is 643. The molecule has 0 saturated heterocycles. The van der Waals surface area contributed by atoms with Gasteiger partial charge in [-0.25, -0.2) is 5.48 Å². The molecule has 0 radical (unpaired) electrons. The lowest BCUT2D eigenvalue weighted by molar-refractivity contribution is 0.0506. The van der Waals surface area contributed by atoms with Crippen LogP contribution in [-0.2, 0) is 11.4 Å². The molecule has 0 fully saturated rings. The summed E-state index contributed by atoms with van der Waals surface area (Å²) in [6.45, 7) is 0.124. The number of carbonyl (C=O) groups is 1. The molecule has 2 rings (SSSR count). The number of hydrogen-bond donors (Lipinski definition) is 1. The number of nitrogens with zero attached hydrogens (tertiary/aromatic N) is 1. The van der Waals surface area contributed by atoms with E-state index in [9.17, 15) is 4.79 Å². The third kappa shape index (κ3) is 3.16. The first-order chi connectivity index (χ1) is 9.74. The van der Waals surface area contributed by atoms with Gasteiger partial charge in [0.15, 0.2) is 5.76 Å². The van der Waals surface area contributed by atoms with Gasteiger partial charge in [-0.3, -0.25) is 9.63 Å². The van der Waals surface area contributed by atoms with E-state index >= 15 is 0 Å². The number of nitriles is 1. The number of hydroxylamine groups is 1. The van der Waals surface area contributed by atoms with Crippen molar-refractivity contribution in [2.75, 3.05) is 7.11 Å². The van der Waals surface area contributed by atoms with Crippen molar-refractivity contribution in [3.63, 3.8) is 0 Å². The summed E-state index contributed by atoms with van der Waals surface area (Å²) in [4.78, 5) is 15.9. The predicted octanol–water partition coefficient (Wildman–Crippen LogP) is 2.02. The Kier molecular flexibility index (Phi) is 4.37. The lowest BCUT2D eigenvalue weighted by Crippen LogP contribution is -2.21. The molecule has 0 unspecified atom stereocenters. The van der Waals surface area contributed by atoms with Gasteiger partial charge in [-0.1, -0.05) is 12.1 Å². The number of benzene rings is 1. The molecule has 1 heterocycles. The molecule has 0 saturated carbocycles. The monoisotopic (exact) mass is 272 g/mol. The Morgan fingerprint density at radius 1 is 1.35 bits per heavy atom. The predicted molar refractivity (Wildman–Crippen MR) is 68.7 cm³/mol. The van der Waals surface area contributed by atoms with Crippen molar-refractivity contribution in [3.05, 3.63) is 53.5 Å². The SMILES string of the molecule is CONC(=O)c1ccc(COc2ccccc2C#N)o1. The van der Waals surface area contributed by atoms with E-state index in [1.807, 2.05) is 6.07 Å². The third-order valence-corrected chi connectivity index (χ3v) is 2.46. The van der Waals surface area contributed by atoms with Crippen LogP contribution in [-0.4, -0.2) is 13.0 Å². The largest absolute Gasteiger partial charge is 0.484 e. The van der Waals surface area contributed by atoms with E-state index in [2.05, 4.69) is 10.3 Å². The summed E-state index contributed by atoms with van der Waals surface area (Å²) < 4.78 is 10.8. The number of rotatable bonds is 5. The van der Waals surface area contributed by atoms with Crippen LogP contribution in [0.5, 0.6) is 5.75 Å². The van der Waals surface area contributed by atoms with Gasteiger partial charge in [-0.05, 0) is 24.3 Å². The minimum atomic E-state index is -0.476. The molecular weight excluding hydrogens is 260 g/mol. The van der Waals surface area contributed by atoms with E-state index in [4.69, 9.17) is 14.4 Å². The smallest absolute Gasteiger partial charge is 0.310 e. The van der Waals surface area contributed by atoms with Gasteiger partial charge in [0.2, 0.25) is 0 Å². The number of furan rings is 1. The molecule has 20 heavy (non-hydrogen) atoms. The van der Waals surface area contributed by atoms with Crippen molar-refractivity contribution in [1.29, 1.82) is 5.26 Å². The first-order valence-corrected chi connectivity index (χ1v) is 5.78. The van der Waals surface area contributed by atoms with Gasteiger partial charge >= 0.3 is 5.91 Å². The van der Waals surface area contributed by atoms with Crippen molar-refractivity contribution in [3.8, 4) is 11.8 Å². The zero-order chi connectivity index (χ0) is 14.4. The van der Waals surface area contributed by atoms with Gasteiger partial charge in [0.05, 0.1) is 12.7 Å². The van der Waals surface area contributed by atoms with E-state index in [0.717, 1.165) is 0 Å². The van der Waals surface area contributed by atoms with Crippen molar-refractivity contribution in [2.45, 2.75) is 6.61 Å². The topological polar surface area (TPSA) is 84.5 Å². The van der Waals surface area contributed by atoms with Crippen LogP contribution in [0.15, 0.2) is 40.8 Å². The van der Waals surface area contributed by atoms with Crippen LogP contribution in [0.2, 0.25) is 0 Å². The molecule has 1 aromatic heterocycles. The molecule has 0 aliphatic heterocycles. The molecule has 6 heteroatoms. The van der Waals surface area contributed by atoms with E-state index in [1.54, 1.807) is 30.3 Å². The van der Waals surface area contributed by atoms with Crippen LogP contribution in [0.4, 0.5) is 0 Å². The molecule has 0 spiro atoms. The summed E-state index contributed by atoms with van der Waals surface area (Å²) in [5.74, 6) is 0.587. The number of para-hydroxylation sites is 1. The summed E-state index contributed by atoms with van der Waals surface area (Å²) in [6, 6.07) is 12.1. The zero-order valence-electron chi connectivity index (χ0n) is 10.8. The molecule has 1 amide bonds. The molecule has 102 valence electrons. The Labute approximate surface area is 115 Å². The average Bonchev–Trinajstić information content (AvgIpc) is 2.94. The highest BCUT2D eigenvalue weighted by atomic mass is 16.6. The summed E-state index contributed by atoms with van der Waals surface area (Å²) in [5.41, 5.74) is 2.59. The normalized spacial score (nSPS) is 9.80. The summed E-state index contributed by atoms with van der Waals surface area (Å²) >= 11 is 0. The molecule has 0 aliphatic carbocycles. The molecule has 0 atom stereocenters. The van der Waals surface area contributed by atoms with E-state index in [-0.39, 0.29) is 12.4 Å². The van der Waals surface area contributed by atoms with Crippen LogP contribution in [0, 0.1) is 11.3 Å². The van der Waals surface area contributed by atoms with Gasteiger partial charge in [0.25, 0.3) is 0 Å². The molecule has 0 bridgehead atoms. The van der Waals surface area contributed by atoms with E-state index < -0.39 is 5.91 Å². The van der Waals surface area contributed by atoms with Gasteiger partial charge in [0, 0.05) is 0 Å². The van der Waals surface area contributed by atoms with Gasteiger partial charge in [-0.2, -0.15) is 5.26 Å². The Morgan fingerprint density at radius 2 is 2.15 bits per heavy atom. The van der Waals surface area contributed by atoms with Crippen molar-refractivity contribution in [2.24, 2.45) is 0 Å². The first-order valence-electron chi connectivity index (χ1n) is 5.78. The zero-order valence-corrected chi connectivity index (χ0v) is 10.8. The number of carbonyl (C=O) groups excluding carboxylic acids is 1. The number of nitrogens with one attached hydrogen (secondary N) is 1. The van der Waals surface area contributed by atoms with Gasteiger partial charge in [0.1, 0.15) is 24.2 Å². The van der Waals surface area contributed by atoms with E-state index in [0.29, 0.717) is 17.1 Å². The van der Waals surface area contributed by atoms with Gasteiger partial charge < -0.3 is 9.15 Å². The summed E-state index contributed by atoms with van der Waals surface area (Å²) in [5, 5.41) is 8.93. The van der Waals surface area contributed by atoms with Crippen LogP contribution >= 0.6 is 0 Å². The maximum Gasteiger partial charge on any atom is 0.310 e. The second-order valence-electron chi connectivity index (χ2n) is 3.80. The fourth-order valence-electron chi connectivity index (χ4n) is 1.55. The second-order valence-corrected chi connectivity index (χ2v) is 3.80. The van der Waals surface area contributed by atoms with Crippen LogP contribution < -0.4 is 10.2 Å². The van der Waals surface area contributed by atoms with Gasteiger partial charge in [-0.15, -0.1) is 0 Å². The Balaban J connectivity index is 2.01. The lowest BCUT2D eigenvalue weighted by atomic mass is 10.2. The standard InChI is InChI=1S/C14H12N2O4/c1-18-16-14(17)13-7-6-11(20-13)9-19-12-5-3-2-4-10(12)8-15/h2-7H,9H2,1H3,(H,16,17). The summed E-state index contributed by atoms with van der Waals surface area (Å²) in [7, 11) is 1.34. The molecule has 1 aromatic carbocycles. The Morgan fingerprint density at radius 3 is 2.90 bits per heavy atom. The number of amides is 1. The Hall–Kier alpha value is -2.78. The van der Waals surface area contributed by atoms with E-state index in [1.165, 1.54) is 13.2 Å². The molecule has 0 aliphatic rings. The fraction of sp³-hybridized carbons (Fsp3) is 0.143. The lowest BCUT2D eigenvalue weighted by Gasteiger charge is -2.05. The van der Waals surface area contributed by atoms with Crippen LogP contribution in [0.25, 0.3) is 0 Å². The molecule has 1 N–H and O–H groups in total. The van der Waals surface area contributed by atoms with Crippen LogP contribution in [0.3, 0.4) is 0 Å². The number of ether oxygens (including phenoxy) is 1. The first kappa shape index (κ1) is 13.6. The third-order valence-electron chi connectivity index (χ3n) is 2.46. The van der Waals surface area contributed by atoms with Crippen molar-refractivity contribution in [1.82, 2.24) is 5.48 Å². The fourth-order valence-corrected chi connectivity index (χ4v) is 1.55. The molecular formula is C14H12N2O4. The maximum atomic E-state index is 11.4. The van der Waals surface area contributed by atoms with Crippen LogP contribution in [0.1, 0.15) is 21.9 Å². The van der Waals surface area contributed by atoms with Crippen molar-refractivity contribution >= 4 is 5.91 Å². The summed E-state index contributed by atoms with van der Waals surface area (Å²) in [6.07, 6.45) is 0. The van der Waals surface area contributed by atoms with Crippen molar-refractivity contribution < 1.29 is 18.8 Å². The average molecular weight is 272 g/mol. The minimum Gasteiger partial charge on any atom is -0.484 e. The highest BCUT2D eigenvalue weighted by Crippen LogP contribution is 2.18. The molecule has 6 nitrogen and oxygen atoms in total. The second kappa shape index (κ2) is 6.41. The number of hydrogen-bond acceptors (Lipinski definition) is 5. The molecule has 2 aromatic rings. The quantitative estimate of drug-likeness (QED) is 0.842.